The summed E-state index contributed by atoms with van der Waals surface area (Å²) in [5, 5.41) is 10.3. The number of aliphatic hydroxyl groups excluding tert-OH is 1. The maximum Gasteiger partial charge on any atom is 0.0724 e. The minimum atomic E-state index is 0.126. The van der Waals surface area contributed by atoms with E-state index in [1.54, 1.807) is 6.20 Å². The lowest BCUT2D eigenvalue weighted by Gasteiger charge is -2.33. The number of rotatable bonds is 6. The van der Waals surface area contributed by atoms with Crippen LogP contribution in [0.5, 0.6) is 0 Å². The van der Waals surface area contributed by atoms with Crippen LogP contribution in [0.15, 0.2) is 30.5 Å². The van der Waals surface area contributed by atoms with Crippen molar-refractivity contribution in [3.05, 3.63) is 30.5 Å². The molecular weight excluding hydrogens is 250 g/mol. The third-order valence-corrected chi connectivity index (χ3v) is 3.84. The van der Waals surface area contributed by atoms with Gasteiger partial charge in [-0.25, -0.2) is 0 Å². The minimum absolute atomic E-state index is 0.126. The number of nitrogens with zero attached hydrogens (tertiary/aromatic N) is 2. The molecule has 2 aromatic rings. The SMILES string of the molecule is CCC(CC)N(CCO)c1ccc2ncccc2c1N. The van der Waals surface area contributed by atoms with Gasteiger partial charge < -0.3 is 15.7 Å². The smallest absolute Gasteiger partial charge is 0.0724 e. The van der Waals surface area contributed by atoms with Gasteiger partial charge in [0.2, 0.25) is 0 Å². The summed E-state index contributed by atoms with van der Waals surface area (Å²) in [5.74, 6) is 0. The zero-order chi connectivity index (χ0) is 14.5. The van der Waals surface area contributed by atoms with E-state index in [2.05, 4.69) is 23.7 Å². The Morgan fingerprint density at radius 2 is 2.00 bits per heavy atom. The van der Waals surface area contributed by atoms with Crippen molar-refractivity contribution in [2.45, 2.75) is 32.7 Å². The molecule has 0 fully saturated rings. The highest BCUT2D eigenvalue weighted by Gasteiger charge is 2.18. The van der Waals surface area contributed by atoms with Gasteiger partial charge in [-0.05, 0) is 37.1 Å². The predicted octanol–water partition coefficient (Wildman–Crippen LogP) is 2.80. The number of aliphatic hydroxyl groups is 1. The molecule has 1 aromatic carbocycles. The van der Waals surface area contributed by atoms with Crippen LogP contribution in [0.2, 0.25) is 0 Å². The summed E-state index contributed by atoms with van der Waals surface area (Å²) in [6.45, 7) is 5.05. The third kappa shape index (κ3) is 2.70. The molecule has 4 heteroatoms. The van der Waals surface area contributed by atoms with Crippen LogP contribution in [-0.2, 0) is 0 Å². The van der Waals surface area contributed by atoms with Gasteiger partial charge in [-0.2, -0.15) is 0 Å². The summed E-state index contributed by atoms with van der Waals surface area (Å²) in [5.41, 5.74) is 8.98. The third-order valence-electron chi connectivity index (χ3n) is 3.84. The lowest BCUT2D eigenvalue weighted by Crippen LogP contribution is -2.37. The average molecular weight is 273 g/mol. The van der Waals surface area contributed by atoms with E-state index >= 15 is 0 Å². The summed E-state index contributed by atoms with van der Waals surface area (Å²) in [7, 11) is 0. The molecule has 0 unspecified atom stereocenters. The van der Waals surface area contributed by atoms with Crippen molar-refractivity contribution in [1.82, 2.24) is 4.98 Å². The van der Waals surface area contributed by atoms with Gasteiger partial charge in [0, 0.05) is 24.2 Å². The highest BCUT2D eigenvalue weighted by molar-refractivity contribution is 5.97. The molecular formula is C16H23N3O. The first-order valence-corrected chi connectivity index (χ1v) is 7.23. The van der Waals surface area contributed by atoms with E-state index < -0.39 is 0 Å². The number of fused-ring (bicyclic) bond motifs is 1. The molecule has 0 saturated carbocycles. The largest absolute Gasteiger partial charge is 0.396 e. The van der Waals surface area contributed by atoms with E-state index in [1.807, 2.05) is 24.3 Å². The first kappa shape index (κ1) is 14.6. The maximum absolute atomic E-state index is 9.35. The van der Waals surface area contributed by atoms with Crippen LogP contribution in [0.4, 0.5) is 11.4 Å². The van der Waals surface area contributed by atoms with Gasteiger partial charge in [0.05, 0.1) is 23.5 Å². The van der Waals surface area contributed by atoms with Gasteiger partial charge in [0.15, 0.2) is 0 Å². The molecule has 0 spiro atoms. The number of benzene rings is 1. The van der Waals surface area contributed by atoms with Gasteiger partial charge in [-0.15, -0.1) is 0 Å². The first-order chi connectivity index (χ1) is 9.72. The zero-order valence-corrected chi connectivity index (χ0v) is 12.2. The zero-order valence-electron chi connectivity index (χ0n) is 12.2. The average Bonchev–Trinajstić information content (AvgIpc) is 2.48. The van der Waals surface area contributed by atoms with Crippen molar-refractivity contribution in [3.63, 3.8) is 0 Å². The molecule has 0 aliphatic heterocycles. The molecule has 3 N–H and O–H groups in total. The Hall–Kier alpha value is -1.81. The van der Waals surface area contributed by atoms with Crippen molar-refractivity contribution < 1.29 is 5.11 Å². The Labute approximate surface area is 120 Å². The minimum Gasteiger partial charge on any atom is -0.396 e. The van der Waals surface area contributed by atoms with E-state index in [4.69, 9.17) is 5.73 Å². The van der Waals surface area contributed by atoms with Crippen molar-refractivity contribution in [2.24, 2.45) is 0 Å². The lowest BCUT2D eigenvalue weighted by atomic mass is 10.1. The molecule has 0 aliphatic rings. The van der Waals surface area contributed by atoms with Gasteiger partial charge in [0.25, 0.3) is 0 Å². The Morgan fingerprint density at radius 3 is 2.65 bits per heavy atom. The number of hydrogen-bond donors (Lipinski definition) is 2. The number of aromatic nitrogens is 1. The molecule has 0 aliphatic carbocycles. The topological polar surface area (TPSA) is 62.4 Å². The highest BCUT2D eigenvalue weighted by Crippen LogP contribution is 2.32. The molecule has 1 aromatic heterocycles. The Kier molecular flexibility index (Phi) is 4.79. The number of hydrogen-bond acceptors (Lipinski definition) is 4. The second-order valence-electron chi connectivity index (χ2n) is 4.96. The number of pyridine rings is 1. The molecule has 0 radical (unpaired) electrons. The van der Waals surface area contributed by atoms with Crippen molar-refractivity contribution >= 4 is 22.3 Å². The molecule has 108 valence electrons. The monoisotopic (exact) mass is 273 g/mol. The van der Waals surface area contributed by atoms with Gasteiger partial charge in [-0.1, -0.05) is 13.8 Å². The van der Waals surface area contributed by atoms with E-state index in [9.17, 15) is 5.11 Å². The second kappa shape index (κ2) is 6.57. The molecule has 0 amide bonds. The normalized spacial score (nSPS) is 11.2. The summed E-state index contributed by atoms with van der Waals surface area (Å²) < 4.78 is 0. The number of nitrogen functional groups attached to an aromatic ring is 1. The number of anilines is 2. The summed E-state index contributed by atoms with van der Waals surface area (Å²) in [4.78, 5) is 6.54. The molecule has 1 heterocycles. The van der Waals surface area contributed by atoms with Crippen molar-refractivity contribution in [3.8, 4) is 0 Å². The fourth-order valence-corrected chi connectivity index (χ4v) is 2.75. The van der Waals surface area contributed by atoms with Gasteiger partial charge in [0.1, 0.15) is 0 Å². The Morgan fingerprint density at radius 1 is 1.25 bits per heavy atom. The second-order valence-corrected chi connectivity index (χ2v) is 4.96. The fraction of sp³-hybridized carbons (Fsp3) is 0.438. The molecule has 2 rings (SSSR count). The van der Waals surface area contributed by atoms with E-state index in [0.717, 1.165) is 35.1 Å². The van der Waals surface area contributed by atoms with Gasteiger partial charge >= 0.3 is 0 Å². The summed E-state index contributed by atoms with van der Waals surface area (Å²) in [6.07, 6.45) is 3.83. The molecule has 0 bridgehead atoms. The highest BCUT2D eigenvalue weighted by atomic mass is 16.3. The van der Waals surface area contributed by atoms with E-state index in [-0.39, 0.29) is 6.61 Å². The molecule has 20 heavy (non-hydrogen) atoms. The van der Waals surface area contributed by atoms with Crippen LogP contribution in [0.25, 0.3) is 10.9 Å². The summed E-state index contributed by atoms with van der Waals surface area (Å²) >= 11 is 0. The van der Waals surface area contributed by atoms with Crippen molar-refractivity contribution in [1.29, 1.82) is 0 Å². The quantitative estimate of drug-likeness (QED) is 0.794. The van der Waals surface area contributed by atoms with Crippen molar-refractivity contribution in [2.75, 3.05) is 23.8 Å². The Bertz CT molecular complexity index is 567. The summed E-state index contributed by atoms with van der Waals surface area (Å²) in [6, 6.07) is 8.28. The van der Waals surface area contributed by atoms with Crippen LogP contribution in [0.1, 0.15) is 26.7 Å². The predicted molar refractivity (Wildman–Crippen MR) is 85.0 cm³/mol. The Balaban J connectivity index is 2.50. The van der Waals surface area contributed by atoms with E-state index in [0.29, 0.717) is 12.6 Å². The van der Waals surface area contributed by atoms with Crippen LogP contribution in [0, 0.1) is 0 Å². The first-order valence-electron chi connectivity index (χ1n) is 7.23. The van der Waals surface area contributed by atoms with Crippen LogP contribution in [0.3, 0.4) is 0 Å². The lowest BCUT2D eigenvalue weighted by molar-refractivity contribution is 0.296. The molecule has 0 atom stereocenters. The standard InChI is InChI=1S/C16H23N3O/c1-3-12(4-2)19(10-11-20)15-8-7-14-13(16(15)17)6-5-9-18-14/h5-9,12,20H,3-4,10-11,17H2,1-2H3. The number of nitrogens with two attached hydrogens (primary N) is 1. The van der Waals surface area contributed by atoms with Crippen LogP contribution >= 0.6 is 0 Å². The fourth-order valence-electron chi connectivity index (χ4n) is 2.75. The van der Waals surface area contributed by atoms with Gasteiger partial charge in [-0.3, -0.25) is 4.98 Å². The molecule has 0 saturated heterocycles. The van der Waals surface area contributed by atoms with E-state index in [1.165, 1.54) is 0 Å². The van der Waals surface area contributed by atoms with Crippen LogP contribution in [-0.4, -0.2) is 29.3 Å². The van der Waals surface area contributed by atoms with Crippen LogP contribution < -0.4 is 10.6 Å². The molecule has 4 nitrogen and oxygen atoms in total. The maximum atomic E-state index is 9.35.